The summed E-state index contributed by atoms with van der Waals surface area (Å²) in [4.78, 5) is 71.0. The molecule has 7 N–H and O–H groups in total. The molecule has 0 aromatic carbocycles. The van der Waals surface area contributed by atoms with Crippen LogP contribution in [0.2, 0.25) is 25.7 Å². The first-order valence-electron chi connectivity index (χ1n) is 21.5. The third-order valence-corrected chi connectivity index (χ3v) is 13.1. The number of carbonyl (C=O) groups excluding carboxylic acids is 4. The lowest BCUT2D eigenvalue weighted by Gasteiger charge is -2.46. The first kappa shape index (κ1) is 50.5. The van der Waals surface area contributed by atoms with Crippen LogP contribution >= 0.6 is 0 Å². The van der Waals surface area contributed by atoms with E-state index in [1.54, 1.807) is 14.0 Å². The third kappa shape index (κ3) is 18.8. The molecule has 4 unspecified atom stereocenters. The number of methoxy groups -OCH3 is 1. The zero-order valence-electron chi connectivity index (χ0n) is 38.3. The molecular formula is C42H76N8O9Si. The molecular weight excluding hydrogens is 789 g/mol. The fourth-order valence-electron chi connectivity index (χ4n) is 9.44. The molecule has 6 amide bonds. The molecule has 0 radical (unpaired) electrons. The van der Waals surface area contributed by atoms with E-state index in [0.717, 1.165) is 38.5 Å². The first-order chi connectivity index (χ1) is 27.9. The van der Waals surface area contributed by atoms with Crippen molar-refractivity contribution < 1.29 is 38.1 Å². The van der Waals surface area contributed by atoms with E-state index in [4.69, 9.17) is 18.9 Å². The lowest BCUT2D eigenvalue weighted by molar-refractivity contribution is 0.0366. The second-order valence-electron chi connectivity index (χ2n) is 20.5. The van der Waals surface area contributed by atoms with Gasteiger partial charge in [0.15, 0.2) is 0 Å². The van der Waals surface area contributed by atoms with Crippen molar-refractivity contribution in [1.82, 2.24) is 36.6 Å². The summed E-state index contributed by atoms with van der Waals surface area (Å²) in [5.74, 6) is -0.00372. The Balaban J connectivity index is 1.43. The maximum absolute atomic E-state index is 13.0. The average Bonchev–Trinajstić information content (AvgIpc) is 3.09. The highest BCUT2D eigenvalue weighted by Gasteiger charge is 2.43. The van der Waals surface area contributed by atoms with Crippen LogP contribution in [0.15, 0.2) is 4.79 Å². The summed E-state index contributed by atoms with van der Waals surface area (Å²) in [6, 6.07) is 0.320. The topological polar surface area (TPSA) is 223 Å². The molecule has 1 heterocycles. The number of carbonyl (C=O) groups is 4. The molecule has 0 saturated heterocycles. The van der Waals surface area contributed by atoms with Gasteiger partial charge in [0.1, 0.15) is 6.61 Å². The standard InChI is InChI=1S/C42H76N8O9Si/c1-29-32(13-15-58-37(54)45-28-42(7)23-30(21-39(2,3)26-42)47-35(52)43-14-12-20-60(9,10)11)33(51)49-34(46-29)50-36(53)44-27-41(6)24-31(22-40(4,5)25-41)48-38(55)59-19-18-57-17-16-56-8/h30-31H,12-28H2,1-11H3,(H,45,54)(H,48,55)(H2,43,47,52)(H3,44,46,49,50,51,53). The number of hydrogen-bond acceptors (Lipinski definition) is 10. The molecule has 17 nitrogen and oxygen atoms in total. The Morgan fingerprint density at radius 1 is 0.750 bits per heavy atom. The second kappa shape index (κ2) is 22.3. The van der Waals surface area contributed by atoms with E-state index >= 15 is 0 Å². The highest BCUT2D eigenvalue weighted by molar-refractivity contribution is 6.76. The van der Waals surface area contributed by atoms with Crippen LogP contribution < -0.4 is 37.5 Å². The van der Waals surface area contributed by atoms with Gasteiger partial charge in [0, 0.05) is 58.9 Å². The minimum Gasteiger partial charge on any atom is -0.449 e. The van der Waals surface area contributed by atoms with Crippen LogP contribution in [0.3, 0.4) is 0 Å². The Hall–Kier alpha value is -3.90. The number of H-pyrrole nitrogens is 1. The van der Waals surface area contributed by atoms with Crippen LogP contribution in [0.1, 0.15) is 97.7 Å². The van der Waals surface area contributed by atoms with Gasteiger partial charge in [0.2, 0.25) is 5.95 Å². The number of aryl methyl sites for hydroxylation is 1. The largest absolute Gasteiger partial charge is 0.449 e. The SMILES string of the molecule is COCCOCCOC(=O)NC1CC(C)(C)CC(C)(CNC(=O)Nc2nc(C)c(CCOC(=O)NCC3(C)CC(NC(=O)NCCC[Si](C)(C)C)CC(C)(C)C3)c(=O)[nH]2)C1. The monoisotopic (exact) mass is 865 g/mol. The van der Waals surface area contributed by atoms with E-state index in [1.807, 2.05) is 0 Å². The molecule has 2 aliphatic carbocycles. The van der Waals surface area contributed by atoms with E-state index in [1.165, 1.54) is 6.04 Å². The lowest BCUT2D eigenvalue weighted by Crippen LogP contribution is -2.52. The highest BCUT2D eigenvalue weighted by atomic mass is 28.3. The quantitative estimate of drug-likeness (QED) is 0.0593. The van der Waals surface area contributed by atoms with Crippen LogP contribution in [0, 0.1) is 28.6 Å². The van der Waals surface area contributed by atoms with Gasteiger partial charge in [-0.25, -0.2) is 24.2 Å². The molecule has 342 valence electrons. The zero-order valence-corrected chi connectivity index (χ0v) is 39.3. The number of rotatable bonds is 20. The van der Waals surface area contributed by atoms with Crippen LogP contribution in [0.4, 0.5) is 25.1 Å². The molecule has 0 spiro atoms. The Kier molecular flexibility index (Phi) is 18.7. The molecule has 0 aliphatic heterocycles. The number of aromatic amines is 1. The van der Waals surface area contributed by atoms with Gasteiger partial charge in [0.25, 0.3) is 5.56 Å². The normalized spacial score (nSPS) is 23.4. The Morgan fingerprint density at radius 3 is 1.93 bits per heavy atom. The summed E-state index contributed by atoms with van der Waals surface area (Å²) in [6.45, 7) is 24.1. The molecule has 3 rings (SSSR count). The van der Waals surface area contributed by atoms with Crippen molar-refractivity contribution in [1.29, 1.82) is 0 Å². The number of aromatic nitrogens is 2. The number of anilines is 1. The average molecular weight is 865 g/mol. The van der Waals surface area contributed by atoms with Crippen LogP contribution in [0.5, 0.6) is 0 Å². The number of ether oxygens (including phenoxy) is 4. The molecule has 2 saturated carbocycles. The molecule has 60 heavy (non-hydrogen) atoms. The smallest absolute Gasteiger partial charge is 0.407 e. The van der Waals surface area contributed by atoms with E-state index in [9.17, 15) is 24.0 Å². The summed E-state index contributed by atoms with van der Waals surface area (Å²) in [7, 11) is 0.440. The zero-order chi connectivity index (χ0) is 44.8. The number of urea groups is 2. The number of nitrogens with one attached hydrogen (secondary N) is 7. The minimum atomic E-state index is -1.15. The van der Waals surface area contributed by atoms with Crippen molar-refractivity contribution >= 4 is 38.3 Å². The van der Waals surface area contributed by atoms with Gasteiger partial charge in [-0.3, -0.25) is 15.1 Å². The maximum atomic E-state index is 13.0. The van der Waals surface area contributed by atoms with Crippen LogP contribution in [0.25, 0.3) is 0 Å². The summed E-state index contributed by atoms with van der Waals surface area (Å²) >= 11 is 0. The van der Waals surface area contributed by atoms with Gasteiger partial charge in [-0.05, 0) is 73.5 Å². The summed E-state index contributed by atoms with van der Waals surface area (Å²) in [5.41, 5.74) is -0.429. The summed E-state index contributed by atoms with van der Waals surface area (Å²) in [5, 5.41) is 17.6. The summed E-state index contributed by atoms with van der Waals surface area (Å²) in [6.07, 6.45) is 4.67. The van der Waals surface area contributed by atoms with E-state index < -0.39 is 31.9 Å². The van der Waals surface area contributed by atoms with E-state index in [-0.39, 0.29) is 72.0 Å². The predicted octanol–water partition coefficient (Wildman–Crippen LogP) is 6.06. The minimum absolute atomic E-state index is 0.00372. The number of alkyl carbamates (subject to hydrolysis) is 2. The second-order valence-corrected chi connectivity index (χ2v) is 26.1. The number of nitrogens with zero attached hydrogens (tertiary/aromatic N) is 1. The van der Waals surface area contributed by atoms with Gasteiger partial charge in [0.05, 0.1) is 32.1 Å². The van der Waals surface area contributed by atoms with Crippen molar-refractivity contribution in [3.05, 3.63) is 21.6 Å². The molecule has 4 atom stereocenters. The van der Waals surface area contributed by atoms with Crippen LogP contribution in [-0.2, 0) is 25.4 Å². The van der Waals surface area contributed by atoms with Crippen molar-refractivity contribution in [3.8, 4) is 0 Å². The van der Waals surface area contributed by atoms with Gasteiger partial charge in [-0.15, -0.1) is 0 Å². The molecule has 1 aromatic heterocycles. The van der Waals surface area contributed by atoms with Crippen molar-refractivity contribution in [2.45, 2.75) is 138 Å². The highest BCUT2D eigenvalue weighted by Crippen LogP contribution is 2.47. The van der Waals surface area contributed by atoms with Crippen molar-refractivity contribution in [3.63, 3.8) is 0 Å². The number of amides is 6. The van der Waals surface area contributed by atoms with E-state index in [0.29, 0.717) is 50.5 Å². The van der Waals surface area contributed by atoms with Gasteiger partial charge in [-0.1, -0.05) is 67.2 Å². The Bertz CT molecular complexity index is 1650. The maximum Gasteiger partial charge on any atom is 0.407 e. The molecule has 1 aromatic rings. The summed E-state index contributed by atoms with van der Waals surface area (Å²) < 4.78 is 21.0. The van der Waals surface area contributed by atoms with Gasteiger partial charge >= 0.3 is 24.2 Å². The third-order valence-electron chi connectivity index (χ3n) is 11.2. The van der Waals surface area contributed by atoms with Gasteiger partial charge < -0.3 is 45.5 Å². The molecule has 18 heteroatoms. The Morgan fingerprint density at radius 2 is 1.33 bits per heavy atom. The number of hydrogen-bond donors (Lipinski definition) is 7. The molecule has 2 aliphatic rings. The fraction of sp³-hybridized carbons (Fsp3) is 0.810. The van der Waals surface area contributed by atoms with Crippen molar-refractivity contribution in [2.75, 3.05) is 65.1 Å². The lowest BCUT2D eigenvalue weighted by atomic mass is 9.62. The predicted molar refractivity (Wildman–Crippen MR) is 235 cm³/mol. The Labute approximate surface area is 358 Å². The molecule has 0 bridgehead atoms. The fourth-order valence-corrected chi connectivity index (χ4v) is 10.7. The first-order valence-corrected chi connectivity index (χ1v) is 25.2. The van der Waals surface area contributed by atoms with Crippen molar-refractivity contribution in [2.24, 2.45) is 21.7 Å². The van der Waals surface area contributed by atoms with E-state index in [2.05, 4.69) is 103 Å². The van der Waals surface area contributed by atoms with Crippen LogP contribution in [-0.4, -0.2) is 114 Å². The molecule has 2 fully saturated rings. The van der Waals surface area contributed by atoms with Gasteiger partial charge in [-0.2, -0.15) is 0 Å².